The Hall–Kier alpha value is -2.70. The van der Waals surface area contributed by atoms with E-state index in [0.717, 1.165) is 19.3 Å². The number of benzene rings is 1. The number of hydrogen-bond acceptors (Lipinski definition) is 6. The number of carboxylic acids is 1. The molecule has 0 fully saturated rings. The Bertz CT molecular complexity index is 810. The standard InChI is InChI=1S/C20H26O7/c1-2-3-4-5-6-7-12-26-19-17(23)14-9-8-10-15(18(14)27-20(19)24)25-13-11-16(21)22/h8-10,23H,2-7,11-13H2,1H3,(H,21,22). The van der Waals surface area contributed by atoms with E-state index in [9.17, 15) is 14.7 Å². The first-order valence-corrected chi connectivity index (χ1v) is 9.30. The van der Waals surface area contributed by atoms with E-state index in [1.807, 2.05) is 0 Å². The second kappa shape index (κ2) is 10.4. The van der Waals surface area contributed by atoms with Crippen LogP contribution in [0.15, 0.2) is 27.4 Å². The van der Waals surface area contributed by atoms with Gasteiger partial charge in [0, 0.05) is 0 Å². The largest absolute Gasteiger partial charge is 0.504 e. The number of aromatic hydroxyl groups is 1. The molecule has 0 spiro atoms. The zero-order chi connectivity index (χ0) is 19.6. The lowest BCUT2D eigenvalue weighted by atomic mass is 10.1. The molecule has 0 saturated carbocycles. The van der Waals surface area contributed by atoms with E-state index in [4.69, 9.17) is 19.0 Å². The average Bonchev–Trinajstić information content (AvgIpc) is 2.63. The Labute approximate surface area is 157 Å². The molecular formula is C20H26O7. The molecule has 1 aromatic heterocycles. The zero-order valence-electron chi connectivity index (χ0n) is 15.5. The summed E-state index contributed by atoms with van der Waals surface area (Å²) in [6.07, 6.45) is 6.31. The lowest BCUT2D eigenvalue weighted by Gasteiger charge is -2.11. The maximum Gasteiger partial charge on any atom is 0.383 e. The Morgan fingerprint density at radius 1 is 1.07 bits per heavy atom. The predicted octanol–water partition coefficient (Wildman–Crippen LogP) is 4.09. The van der Waals surface area contributed by atoms with E-state index in [1.165, 1.54) is 19.3 Å². The van der Waals surface area contributed by atoms with Gasteiger partial charge in [0.05, 0.1) is 25.0 Å². The fraction of sp³-hybridized carbons (Fsp3) is 0.500. The van der Waals surface area contributed by atoms with Crippen molar-refractivity contribution in [2.24, 2.45) is 0 Å². The molecule has 0 amide bonds. The molecule has 7 heteroatoms. The van der Waals surface area contributed by atoms with Crippen molar-refractivity contribution < 1.29 is 28.9 Å². The van der Waals surface area contributed by atoms with E-state index >= 15 is 0 Å². The summed E-state index contributed by atoms with van der Waals surface area (Å²) in [6.45, 7) is 2.41. The van der Waals surface area contributed by atoms with Crippen LogP contribution in [0.1, 0.15) is 51.9 Å². The second-order valence-electron chi connectivity index (χ2n) is 6.31. The normalized spacial score (nSPS) is 10.9. The molecule has 2 N–H and O–H groups in total. The van der Waals surface area contributed by atoms with Gasteiger partial charge in [-0.05, 0) is 18.6 Å². The molecule has 1 aromatic carbocycles. The van der Waals surface area contributed by atoms with Gasteiger partial charge in [0.1, 0.15) is 0 Å². The summed E-state index contributed by atoms with van der Waals surface area (Å²) < 4.78 is 16.1. The van der Waals surface area contributed by atoms with Crippen LogP contribution in [0.3, 0.4) is 0 Å². The van der Waals surface area contributed by atoms with Crippen LogP contribution >= 0.6 is 0 Å². The summed E-state index contributed by atoms with van der Waals surface area (Å²) >= 11 is 0. The first kappa shape index (κ1) is 20.6. The van der Waals surface area contributed by atoms with E-state index in [2.05, 4.69) is 6.92 Å². The third kappa shape index (κ3) is 5.91. The topological polar surface area (TPSA) is 106 Å². The van der Waals surface area contributed by atoms with Crippen LogP contribution in [0, 0.1) is 0 Å². The number of fused-ring (bicyclic) bond motifs is 1. The molecule has 0 bridgehead atoms. The molecule has 148 valence electrons. The molecule has 0 saturated heterocycles. The van der Waals surface area contributed by atoms with Crippen LogP contribution < -0.4 is 15.1 Å². The first-order valence-electron chi connectivity index (χ1n) is 9.30. The highest BCUT2D eigenvalue weighted by Gasteiger charge is 2.18. The summed E-state index contributed by atoms with van der Waals surface area (Å²) in [5, 5.41) is 19.4. The summed E-state index contributed by atoms with van der Waals surface area (Å²) in [5.41, 5.74) is -0.724. The molecule has 7 nitrogen and oxygen atoms in total. The van der Waals surface area contributed by atoms with Gasteiger partial charge in [-0.1, -0.05) is 45.1 Å². The molecule has 0 radical (unpaired) electrons. The molecule has 0 unspecified atom stereocenters. The maximum absolute atomic E-state index is 12.2. The van der Waals surface area contributed by atoms with Gasteiger partial charge in [-0.25, -0.2) is 4.79 Å². The summed E-state index contributed by atoms with van der Waals surface area (Å²) in [6, 6.07) is 4.74. The number of carboxylic acid groups (broad SMARTS) is 1. The minimum atomic E-state index is -0.995. The van der Waals surface area contributed by atoms with Crippen LogP contribution in [-0.4, -0.2) is 29.4 Å². The van der Waals surface area contributed by atoms with Gasteiger partial charge in [-0.3, -0.25) is 4.79 Å². The number of unbranched alkanes of at least 4 members (excludes halogenated alkanes) is 5. The number of ether oxygens (including phenoxy) is 2. The third-order valence-electron chi connectivity index (χ3n) is 4.15. The van der Waals surface area contributed by atoms with Crippen molar-refractivity contribution in [3.63, 3.8) is 0 Å². The SMILES string of the molecule is CCCCCCCCOc1c(O)c2cccc(OCCC(=O)O)c2oc1=O. The Morgan fingerprint density at radius 3 is 2.56 bits per heavy atom. The molecule has 1 heterocycles. The van der Waals surface area contributed by atoms with Crippen LogP contribution in [0.5, 0.6) is 17.2 Å². The summed E-state index contributed by atoms with van der Waals surface area (Å²) in [5.74, 6) is -1.30. The van der Waals surface area contributed by atoms with Crippen LogP contribution in [0.4, 0.5) is 0 Å². The van der Waals surface area contributed by atoms with E-state index in [0.29, 0.717) is 6.61 Å². The van der Waals surface area contributed by atoms with Gasteiger partial charge < -0.3 is 24.1 Å². The fourth-order valence-electron chi connectivity index (χ4n) is 2.71. The maximum atomic E-state index is 12.2. The van der Waals surface area contributed by atoms with Gasteiger partial charge in [0.15, 0.2) is 17.1 Å². The van der Waals surface area contributed by atoms with Crippen molar-refractivity contribution >= 4 is 16.9 Å². The smallest absolute Gasteiger partial charge is 0.383 e. The molecule has 2 rings (SSSR count). The summed E-state index contributed by atoms with van der Waals surface area (Å²) in [4.78, 5) is 22.8. The zero-order valence-corrected chi connectivity index (χ0v) is 15.5. The molecule has 0 atom stereocenters. The molecule has 27 heavy (non-hydrogen) atoms. The van der Waals surface area contributed by atoms with Crippen molar-refractivity contribution in [3.8, 4) is 17.2 Å². The highest BCUT2D eigenvalue weighted by molar-refractivity contribution is 5.89. The van der Waals surface area contributed by atoms with Gasteiger partial charge >= 0.3 is 11.6 Å². The molecular weight excluding hydrogens is 352 g/mol. The quantitative estimate of drug-likeness (QED) is 0.423. The van der Waals surface area contributed by atoms with Crippen LogP contribution in [-0.2, 0) is 4.79 Å². The van der Waals surface area contributed by atoms with Crippen molar-refractivity contribution in [1.82, 2.24) is 0 Å². The highest BCUT2D eigenvalue weighted by atomic mass is 16.5. The van der Waals surface area contributed by atoms with E-state index in [-0.39, 0.29) is 41.2 Å². The van der Waals surface area contributed by atoms with Gasteiger partial charge in [0.2, 0.25) is 5.75 Å². The number of carbonyl (C=O) groups is 1. The monoisotopic (exact) mass is 378 g/mol. The highest BCUT2D eigenvalue weighted by Crippen LogP contribution is 2.35. The first-order chi connectivity index (χ1) is 13.0. The van der Waals surface area contributed by atoms with Gasteiger partial charge in [-0.15, -0.1) is 0 Å². The average molecular weight is 378 g/mol. The lowest BCUT2D eigenvalue weighted by Crippen LogP contribution is -2.09. The minimum Gasteiger partial charge on any atom is -0.504 e. The summed E-state index contributed by atoms with van der Waals surface area (Å²) in [7, 11) is 0. The Kier molecular flexibility index (Phi) is 7.98. The van der Waals surface area contributed by atoms with Gasteiger partial charge in [0.25, 0.3) is 0 Å². The predicted molar refractivity (Wildman–Crippen MR) is 101 cm³/mol. The minimum absolute atomic E-state index is 0.0669. The lowest BCUT2D eigenvalue weighted by molar-refractivity contribution is -0.137. The number of rotatable bonds is 12. The molecule has 0 aliphatic heterocycles. The number of aliphatic carboxylic acids is 1. The number of hydrogen-bond donors (Lipinski definition) is 2. The molecule has 2 aromatic rings. The molecule has 0 aliphatic rings. The van der Waals surface area contributed by atoms with Gasteiger partial charge in [-0.2, -0.15) is 0 Å². The number of para-hydroxylation sites is 1. The van der Waals surface area contributed by atoms with E-state index in [1.54, 1.807) is 18.2 Å². The van der Waals surface area contributed by atoms with Crippen molar-refractivity contribution in [3.05, 3.63) is 28.6 Å². The van der Waals surface area contributed by atoms with E-state index < -0.39 is 11.6 Å². The van der Waals surface area contributed by atoms with Crippen molar-refractivity contribution in [2.75, 3.05) is 13.2 Å². The Morgan fingerprint density at radius 2 is 1.81 bits per heavy atom. The second-order valence-corrected chi connectivity index (χ2v) is 6.31. The fourth-order valence-corrected chi connectivity index (χ4v) is 2.71. The van der Waals surface area contributed by atoms with Crippen molar-refractivity contribution in [1.29, 1.82) is 0 Å². The Balaban J connectivity index is 2.06. The van der Waals surface area contributed by atoms with Crippen LogP contribution in [0.25, 0.3) is 11.0 Å². The van der Waals surface area contributed by atoms with Crippen molar-refractivity contribution in [2.45, 2.75) is 51.9 Å². The third-order valence-corrected chi connectivity index (χ3v) is 4.15. The molecule has 0 aliphatic carbocycles. The van der Waals surface area contributed by atoms with Crippen LogP contribution in [0.2, 0.25) is 0 Å².